The lowest BCUT2D eigenvalue weighted by Crippen LogP contribution is -2.45. The number of rotatable bonds is 7. The monoisotopic (exact) mass is 281 g/mol. The molecule has 2 heterocycles. The summed E-state index contributed by atoms with van der Waals surface area (Å²) in [5.41, 5.74) is 0. The summed E-state index contributed by atoms with van der Waals surface area (Å²) in [4.78, 5) is 14.5. The van der Waals surface area contributed by atoms with E-state index >= 15 is 0 Å². The van der Waals surface area contributed by atoms with Crippen LogP contribution in [-0.2, 0) is 9.53 Å². The fourth-order valence-electron chi connectivity index (χ4n) is 3.25. The minimum absolute atomic E-state index is 0.158. The van der Waals surface area contributed by atoms with Crippen LogP contribution in [0.3, 0.4) is 0 Å². The van der Waals surface area contributed by atoms with Gasteiger partial charge in [0.15, 0.2) is 0 Å². The number of nitrogens with zero attached hydrogens (tertiary/aromatic N) is 1. The maximum Gasteiger partial charge on any atom is 0.234 e. The third kappa shape index (κ3) is 4.17. The molecule has 1 amide bonds. The van der Waals surface area contributed by atoms with Crippen LogP contribution in [0.5, 0.6) is 0 Å². The SMILES string of the molecule is O=C(CN(CC1CCCN1)C1CC1)NCC1CCCO1. The maximum absolute atomic E-state index is 12.1. The Kier molecular flexibility index (Phi) is 4.91. The molecule has 0 aromatic carbocycles. The summed E-state index contributed by atoms with van der Waals surface area (Å²) in [6.07, 6.45) is 7.48. The molecule has 20 heavy (non-hydrogen) atoms. The fraction of sp³-hybridized carbons (Fsp3) is 0.933. The Morgan fingerprint density at radius 3 is 2.80 bits per heavy atom. The molecular formula is C15H27N3O2. The largest absolute Gasteiger partial charge is 0.376 e. The van der Waals surface area contributed by atoms with Gasteiger partial charge in [0.05, 0.1) is 12.6 Å². The van der Waals surface area contributed by atoms with Crippen LogP contribution in [0.4, 0.5) is 0 Å². The highest BCUT2D eigenvalue weighted by Gasteiger charge is 2.32. The average Bonchev–Trinajstić information content (AvgIpc) is 2.94. The predicted octanol–water partition coefficient (Wildman–Crippen LogP) is 0.498. The lowest BCUT2D eigenvalue weighted by atomic mass is 10.2. The summed E-state index contributed by atoms with van der Waals surface area (Å²) in [7, 11) is 0. The van der Waals surface area contributed by atoms with Gasteiger partial charge in [0.2, 0.25) is 5.91 Å². The van der Waals surface area contributed by atoms with Crippen molar-refractivity contribution < 1.29 is 9.53 Å². The van der Waals surface area contributed by atoms with Gasteiger partial charge < -0.3 is 15.4 Å². The second kappa shape index (κ2) is 6.87. The van der Waals surface area contributed by atoms with E-state index in [1.165, 1.54) is 25.7 Å². The van der Waals surface area contributed by atoms with E-state index < -0.39 is 0 Å². The molecule has 1 aliphatic carbocycles. The Morgan fingerprint density at radius 2 is 2.15 bits per heavy atom. The zero-order valence-electron chi connectivity index (χ0n) is 12.3. The van der Waals surface area contributed by atoms with Crippen LogP contribution in [-0.4, -0.2) is 61.8 Å². The molecule has 5 heteroatoms. The Balaban J connectivity index is 1.39. The topological polar surface area (TPSA) is 53.6 Å². The number of ether oxygens (including phenoxy) is 1. The molecule has 3 fully saturated rings. The molecule has 2 saturated heterocycles. The zero-order valence-corrected chi connectivity index (χ0v) is 12.3. The van der Waals surface area contributed by atoms with Gasteiger partial charge >= 0.3 is 0 Å². The number of carbonyl (C=O) groups excluding carboxylic acids is 1. The summed E-state index contributed by atoms with van der Waals surface area (Å²) in [5, 5.41) is 6.56. The van der Waals surface area contributed by atoms with Crippen LogP contribution in [0, 0.1) is 0 Å². The Morgan fingerprint density at radius 1 is 1.25 bits per heavy atom. The van der Waals surface area contributed by atoms with Crippen LogP contribution in [0.1, 0.15) is 38.5 Å². The summed E-state index contributed by atoms with van der Waals surface area (Å²) in [6, 6.07) is 1.23. The van der Waals surface area contributed by atoms with E-state index in [4.69, 9.17) is 4.74 Å². The summed E-state index contributed by atoms with van der Waals surface area (Å²) in [6.45, 7) is 4.24. The predicted molar refractivity (Wildman–Crippen MR) is 77.6 cm³/mol. The number of nitrogens with one attached hydrogen (secondary N) is 2. The minimum atomic E-state index is 0.158. The molecule has 2 unspecified atom stereocenters. The van der Waals surface area contributed by atoms with Crippen LogP contribution in [0.15, 0.2) is 0 Å². The molecule has 2 atom stereocenters. The van der Waals surface area contributed by atoms with E-state index in [0.717, 1.165) is 32.5 Å². The van der Waals surface area contributed by atoms with Gasteiger partial charge in [-0.1, -0.05) is 0 Å². The van der Waals surface area contributed by atoms with Crippen molar-refractivity contribution in [3.05, 3.63) is 0 Å². The van der Waals surface area contributed by atoms with Crippen molar-refractivity contribution >= 4 is 5.91 Å². The lowest BCUT2D eigenvalue weighted by Gasteiger charge is -2.25. The first kappa shape index (κ1) is 14.3. The van der Waals surface area contributed by atoms with Crippen molar-refractivity contribution in [1.82, 2.24) is 15.5 Å². The second-order valence-corrected chi connectivity index (χ2v) is 6.39. The average molecular weight is 281 g/mol. The van der Waals surface area contributed by atoms with Crippen molar-refractivity contribution in [2.75, 3.05) is 32.8 Å². The van der Waals surface area contributed by atoms with E-state index in [1.807, 2.05) is 0 Å². The number of hydrogen-bond acceptors (Lipinski definition) is 4. The maximum atomic E-state index is 12.1. The van der Waals surface area contributed by atoms with E-state index in [0.29, 0.717) is 25.2 Å². The molecular weight excluding hydrogens is 254 g/mol. The zero-order chi connectivity index (χ0) is 13.8. The van der Waals surface area contributed by atoms with Crippen LogP contribution < -0.4 is 10.6 Å². The first-order chi connectivity index (χ1) is 9.81. The van der Waals surface area contributed by atoms with Gasteiger partial charge in [-0.3, -0.25) is 9.69 Å². The molecule has 2 aliphatic heterocycles. The summed E-state index contributed by atoms with van der Waals surface area (Å²) >= 11 is 0. The molecule has 0 bridgehead atoms. The molecule has 0 spiro atoms. The highest BCUT2D eigenvalue weighted by molar-refractivity contribution is 5.78. The van der Waals surface area contributed by atoms with E-state index in [1.54, 1.807) is 0 Å². The van der Waals surface area contributed by atoms with Gasteiger partial charge in [0, 0.05) is 31.8 Å². The van der Waals surface area contributed by atoms with Crippen LogP contribution in [0.2, 0.25) is 0 Å². The van der Waals surface area contributed by atoms with Gasteiger partial charge in [-0.2, -0.15) is 0 Å². The van der Waals surface area contributed by atoms with Crippen molar-refractivity contribution in [3.63, 3.8) is 0 Å². The highest BCUT2D eigenvalue weighted by atomic mass is 16.5. The fourth-order valence-corrected chi connectivity index (χ4v) is 3.25. The van der Waals surface area contributed by atoms with Crippen molar-refractivity contribution in [2.45, 2.75) is 56.7 Å². The smallest absolute Gasteiger partial charge is 0.234 e. The molecule has 5 nitrogen and oxygen atoms in total. The lowest BCUT2D eigenvalue weighted by molar-refractivity contribution is -0.123. The number of carbonyl (C=O) groups is 1. The van der Waals surface area contributed by atoms with Crippen LogP contribution in [0.25, 0.3) is 0 Å². The van der Waals surface area contributed by atoms with Gasteiger partial charge in [0.1, 0.15) is 0 Å². The van der Waals surface area contributed by atoms with Gasteiger partial charge in [0.25, 0.3) is 0 Å². The second-order valence-electron chi connectivity index (χ2n) is 6.39. The molecule has 0 radical (unpaired) electrons. The van der Waals surface area contributed by atoms with Crippen molar-refractivity contribution in [2.24, 2.45) is 0 Å². The van der Waals surface area contributed by atoms with Crippen molar-refractivity contribution in [3.8, 4) is 0 Å². The molecule has 1 saturated carbocycles. The standard InChI is InChI=1S/C15H27N3O2/c19-15(17-9-14-4-2-8-20-14)11-18(13-5-6-13)10-12-3-1-7-16-12/h12-14,16H,1-11H2,(H,17,19). The van der Waals surface area contributed by atoms with E-state index in [2.05, 4.69) is 15.5 Å². The molecule has 0 aromatic rings. The Bertz CT molecular complexity index is 321. The van der Waals surface area contributed by atoms with Gasteiger partial charge in [-0.15, -0.1) is 0 Å². The van der Waals surface area contributed by atoms with Crippen LogP contribution >= 0.6 is 0 Å². The first-order valence-corrected chi connectivity index (χ1v) is 8.17. The summed E-state index contributed by atoms with van der Waals surface area (Å²) < 4.78 is 5.54. The molecule has 0 aromatic heterocycles. The van der Waals surface area contributed by atoms with Crippen molar-refractivity contribution in [1.29, 1.82) is 0 Å². The Labute approximate surface area is 121 Å². The molecule has 3 rings (SSSR count). The third-order valence-electron chi connectivity index (χ3n) is 4.58. The normalized spacial score (nSPS) is 30.1. The highest BCUT2D eigenvalue weighted by Crippen LogP contribution is 2.27. The van der Waals surface area contributed by atoms with Gasteiger partial charge in [-0.25, -0.2) is 0 Å². The quantitative estimate of drug-likeness (QED) is 0.713. The Hall–Kier alpha value is -0.650. The molecule has 114 valence electrons. The number of amides is 1. The van der Waals surface area contributed by atoms with Gasteiger partial charge in [-0.05, 0) is 45.1 Å². The molecule has 2 N–H and O–H groups in total. The minimum Gasteiger partial charge on any atom is -0.376 e. The number of hydrogen-bond donors (Lipinski definition) is 2. The van der Waals surface area contributed by atoms with E-state index in [-0.39, 0.29) is 12.0 Å². The van der Waals surface area contributed by atoms with E-state index in [9.17, 15) is 4.79 Å². The first-order valence-electron chi connectivity index (χ1n) is 8.17. The summed E-state index contributed by atoms with van der Waals surface area (Å²) in [5.74, 6) is 0.158. The third-order valence-corrected chi connectivity index (χ3v) is 4.58. The molecule has 3 aliphatic rings.